The van der Waals surface area contributed by atoms with Gasteiger partial charge in [-0.2, -0.15) is 0 Å². The number of ether oxygens (including phenoxy) is 2. The third-order valence-electron chi connectivity index (χ3n) is 5.83. The summed E-state index contributed by atoms with van der Waals surface area (Å²) in [7, 11) is 3.30. The van der Waals surface area contributed by atoms with Crippen molar-refractivity contribution in [2.24, 2.45) is 0 Å². The molecular weight excluding hydrogens is 416 g/mol. The molecule has 0 saturated heterocycles. The van der Waals surface area contributed by atoms with Crippen molar-refractivity contribution in [1.82, 2.24) is 10.3 Å². The maximum absolute atomic E-state index is 12.8. The Bertz CT molecular complexity index is 992. The number of nitrogens with one attached hydrogen (secondary N) is 1. The summed E-state index contributed by atoms with van der Waals surface area (Å²) in [5.41, 5.74) is 1.62. The highest BCUT2D eigenvalue weighted by Gasteiger charge is 2.36. The number of rotatable bonds is 8. The van der Waals surface area contributed by atoms with Crippen molar-refractivity contribution >= 4 is 28.6 Å². The van der Waals surface area contributed by atoms with Crippen LogP contribution in [0.4, 0.5) is 0 Å². The zero-order chi connectivity index (χ0) is 21.0. The Kier molecular flexibility index (Phi) is 6.39. The second-order valence-electron chi connectivity index (χ2n) is 7.62. The van der Waals surface area contributed by atoms with E-state index >= 15 is 0 Å². The van der Waals surface area contributed by atoms with Crippen LogP contribution in [-0.4, -0.2) is 31.7 Å². The van der Waals surface area contributed by atoms with Crippen molar-refractivity contribution in [1.29, 1.82) is 0 Å². The Hall–Kier alpha value is -2.38. The maximum atomic E-state index is 12.8. The molecule has 1 aliphatic carbocycles. The monoisotopic (exact) mass is 442 g/mol. The van der Waals surface area contributed by atoms with Crippen LogP contribution in [0.3, 0.4) is 0 Å². The highest BCUT2D eigenvalue weighted by Crippen LogP contribution is 2.43. The number of methoxy groups -OCH3 is 2. The number of thiazole rings is 1. The summed E-state index contributed by atoms with van der Waals surface area (Å²) in [5, 5.41) is 8.04. The lowest BCUT2D eigenvalue weighted by Gasteiger charge is -2.30. The number of thiophene rings is 1. The highest BCUT2D eigenvalue weighted by molar-refractivity contribution is 7.11. The molecule has 7 heteroatoms. The summed E-state index contributed by atoms with van der Waals surface area (Å²) < 4.78 is 10.9. The Morgan fingerprint density at radius 3 is 2.63 bits per heavy atom. The topological polar surface area (TPSA) is 60.5 Å². The van der Waals surface area contributed by atoms with Crippen molar-refractivity contribution in [3.05, 3.63) is 62.2 Å². The van der Waals surface area contributed by atoms with Gasteiger partial charge < -0.3 is 14.8 Å². The highest BCUT2D eigenvalue weighted by atomic mass is 32.1. The van der Waals surface area contributed by atoms with E-state index in [0.29, 0.717) is 12.2 Å². The van der Waals surface area contributed by atoms with E-state index < -0.39 is 0 Å². The van der Waals surface area contributed by atoms with Gasteiger partial charge in [0.15, 0.2) is 11.5 Å². The smallest absolute Gasteiger partial charge is 0.270 e. The quantitative estimate of drug-likeness (QED) is 0.530. The Morgan fingerprint density at radius 2 is 1.93 bits per heavy atom. The van der Waals surface area contributed by atoms with Crippen molar-refractivity contribution in [2.45, 2.75) is 37.5 Å². The lowest BCUT2D eigenvalue weighted by atomic mass is 9.78. The minimum Gasteiger partial charge on any atom is -0.493 e. The van der Waals surface area contributed by atoms with Gasteiger partial charge in [-0.3, -0.25) is 4.79 Å². The minimum absolute atomic E-state index is 0.0783. The first-order valence-corrected chi connectivity index (χ1v) is 11.9. The molecule has 2 aromatic heterocycles. The molecule has 1 aliphatic rings. The largest absolute Gasteiger partial charge is 0.493 e. The minimum atomic E-state index is -0.101. The zero-order valence-electron chi connectivity index (χ0n) is 17.3. The number of carbonyl (C=O) groups is 1. The van der Waals surface area contributed by atoms with Gasteiger partial charge in [0, 0.05) is 28.6 Å². The number of benzene rings is 1. The standard InChI is InChI=1S/C23H26N2O3S2/c1-27-19-8-7-16(12-20(19)28-2)23(9-3-4-10-23)15-24-22(26)18-14-30-21(25-18)13-17-6-5-11-29-17/h5-8,11-12,14H,3-4,9-10,13,15H2,1-2H3,(H,24,26). The van der Waals surface area contributed by atoms with Crippen LogP contribution >= 0.6 is 22.7 Å². The lowest BCUT2D eigenvalue weighted by molar-refractivity contribution is 0.0938. The van der Waals surface area contributed by atoms with Gasteiger partial charge in [-0.15, -0.1) is 22.7 Å². The van der Waals surface area contributed by atoms with Gasteiger partial charge in [-0.1, -0.05) is 25.0 Å². The number of hydrogen-bond acceptors (Lipinski definition) is 6. The second kappa shape index (κ2) is 9.18. The molecule has 3 aromatic rings. The molecule has 1 saturated carbocycles. The molecule has 0 aliphatic heterocycles. The molecule has 1 amide bonds. The van der Waals surface area contributed by atoms with Gasteiger partial charge in [0.25, 0.3) is 5.91 Å². The molecule has 0 atom stereocenters. The molecule has 0 bridgehead atoms. The average Bonchev–Trinajstić information content (AvgIpc) is 3.54. The van der Waals surface area contributed by atoms with E-state index in [1.54, 1.807) is 36.9 Å². The second-order valence-corrected chi connectivity index (χ2v) is 9.60. The van der Waals surface area contributed by atoms with Crippen molar-refractivity contribution in [3.63, 3.8) is 0 Å². The first-order valence-electron chi connectivity index (χ1n) is 10.1. The fraction of sp³-hybridized carbons (Fsp3) is 0.391. The first-order chi connectivity index (χ1) is 14.6. The third kappa shape index (κ3) is 4.37. The Balaban J connectivity index is 1.46. The molecule has 30 heavy (non-hydrogen) atoms. The summed E-state index contributed by atoms with van der Waals surface area (Å²) >= 11 is 3.26. The molecule has 1 aromatic carbocycles. The van der Waals surface area contributed by atoms with E-state index in [2.05, 4.69) is 33.9 Å². The van der Waals surface area contributed by atoms with Gasteiger partial charge in [0.05, 0.1) is 19.2 Å². The predicted molar refractivity (Wildman–Crippen MR) is 121 cm³/mol. The number of carbonyl (C=O) groups excluding carboxylic acids is 1. The number of hydrogen-bond donors (Lipinski definition) is 1. The molecule has 1 fully saturated rings. The van der Waals surface area contributed by atoms with Gasteiger partial charge in [0.2, 0.25) is 0 Å². The van der Waals surface area contributed by atoms with E-state index in [4.69, 9.17) is 9.47 Å². The van der Waals surface area contributed by atoms with Crippen LogP contribution in [0.25, 0.3) is 0 Å². The van der Waals surface area contributed by atoms with Gasteiger partial charge in [0.1, 0.15) is 5.69 Å². The van der Waals surface area contributed by atoms with E-state index in [9.17, 15) is 4.79 Å². The number of amides is 1. The van der Waals surface area contributed by atoms with Gasteiger partial charge in [-0.25, -0.2) is 4.98 Å². The molecule has 2 heterocycles. The molecule has 0 spiro atoms. The van der Waals surface area contributed by atoms with Crippen LogP contribution in [0.1, 0.15) is 51.6 Å². The molecule has 0 radical (unpaired) electrons. The van der Waals surface area contributed by atoms with E-state index in [1.165, 1.54) is 10.4 Å². The van der Waals surface area contributed by atoms with Crippen molar-refractivity contribution in [2.75, 3.05) is 20.8 Å². The summed E-state index contributed by atoms with van der Waals surface area (Å²) in [5.74, 6) is 1.35. The van der Waals surface area contributed by atoms with Crippen LogP contribution in [0.15, 0.2) is 41.1 Å². The number of aromatic nitrogens is 1. The SMILES string of the molecule is COc1ccc(C2(CNC(=O)c3csc(Cc4cccs4)n3)CCCC2)cc1OC. The fourth-order valence-corrected chi connectivity index (χ4v) is 5.78. The Labute approximate surface area is 185 Å². The number of nitrogens with zero attached hydrogens (tertiary/aromatic N) is 1. The zero-order valence-corrected chi connectivity index (χ0v) is 18.9. The normalized spacial score (nSPS) is 15.1. The molecule has 158 valence electrons. The third-order valence-corrected chi connectivity index (χ3v) is 7.56. The van der Waals surface area contributed by atoms with E-state index in [0.717, 1.165) is 48.6 Å². The molecule has 0 unspecified atom stereocenters. The molecule has 5 nitrogen and oxygen atoms in total. The lowest BCUT2D eigenvalue weighted by Crippen LogP contribution is -2.39. The van der Waals surface area contributed by atoms with Crippen molar-refractivity contribution in [3.8, 4) is 11.5 Å². The van der Waals surface area contributed by atoms with Gasteiger partial charge in [-0.05, 0) is 42.0 Å². The summed E-state index contributed by atoms with van der Waals surface area (Å²) in [6, 6.07) is 10.2. The van der Waals surface area contributed by atoms with E-state index in [1.807, 2.05) is 17.5 Å². The fourth-order valence-electron chi connectivity index (χ4n) is 4.18. The predicted octanol–water partition coefficient (Wildman–Crippen LogP) is 5.05. The van der Waals surface area contributed by atoms with Crippen LogP contribution in [0.5, 0.6) is 11.5 Å². The molecular formula is C23H26N2O3S2. The molecule has 4 rings (SSSR count). The average molecular weight is 443 g/mol. The van der Waals surface area contributed by atoms with Crippen LogP contribution in [-0.2, 0) is 11.8 Å². The van der Waals surface area contributed by atoms with Crippen LogP contribution < -0.4 is 14.8 Å². The maximum Gasteiger partial charge on any atom is 0.270 e. The van der Waals surface area contributed by atoms with Crippen molar-refractivity contribution < 1.29 is 14.3 Å². The Morgan fingerprint density at radius 1 is 1.13 bits per heavy atom. The van der Waals surface area contributed by atoms with E-state index in [-0.39, 0.29) is 11.3 Å². The summed E-state index contributed by atoms with van der Waals surface area (Å²) in [4.78, 5) is 18.6. The van der Waals surface area contributed by atoms with Gasteiger partial charge >= 0.3 is 0 Å². The van der Waals surface area contributed by atoms with Crippen LogP contribution in [0.2, 0.25) is 0 Å². The summed E-state index contributed by atoms with van der Waals surface area (Å²) in [6.07, 6.45) is 5.19. The molecule has 1 N–H and O–H groups in total. The first kappa shape index (κ1) is 20.9. The summed E-state index contributed by atoms with van der Waals surface area (Å²) in [6.45, 7) is 0.596. The van der Waals surface area contributed by atoms with Crippen LogP contribution in [0, 0.1) is 0 Å².